The predicted molar refractivity (Wildman–Crippen MR) is 126 cm³/mol. The first kappa shape index (κ1) is 23.8. The van der Waals surface area contributed by atoms with Gasteiger partial charge in [0.15, 0.2) is 11.6 Å². The molecular weight excluding hydrogens is 390 g/mol. The minimum absolute atomic E-state index is 0.00860. The molecule has 0 aromatic heterocycles. The Labute approximate surface area is 187 Å². The number of benzene rings is 1. The van der Waals surface area contributed by atoms with Crippen molar-refractivity contribution >= 4 is 5.57 Å². The van der Waals surface area contributed by atoms with Crippen molar-refractivity contribution in [3.8, 4) is 5.75 Å². The molecule has 2 aliphatic carbocycles. The lowest BCUT2D eigenvalue weighted by Gasteiger charge is -2.21. The van der Waals surface area contributed by atoms with E-state index in [1.54, 1.807) is 17.7 Å². The molecule has 1 nitrogen and oxygen atoms in total. The lowest BCUT2D eigenvalue weighted by molar-refractivity contribution is 0.295. The predicted octanol–water partition coefficient (Wildman–Crippen LogP) is 8.80. The van der Waals surface area contributed by atoms with E-state index >= 15 is 0 Å². The van der Waals surface area contributed by atoms with Crippen LogP contribution in [0.3, 0.4) is 0 Å². The molecular formula is C28H38F2O. The molecule has 1 aromatic carbocycles. The van der Waals surface area contributed by atoms with Gasteiger partial charge in [0.1, 0.15) is 0 Å². The van der Waals surface area contributed by atoms with Crippen molar-refractivity contribution in [3.05, 3.63) is 59.2 Å². The molecule has 1 aromatic rings. The molecule has 0 spiro atoms. The van der Waals surface area contributed by atoms with Gasteiger partial charge in [0, 0.05) is 5.56 Å². The van der Waals surface area contributed by atoms with E-state index in [2.05, 4.69) is 31.2 Å². The van der Waals surface area contributed by atoms with E-state index in [0.29, 0.717) is 18.1 Å². The van der Waals surface area contributed by atoms with Crippen LogP contribution in [-0.2, 0) is 0 Å². The molecule has 0 amide bonds. The summed E-state index contributed by atoms with van der Waals surface area (Å²) in [4.78, 5) is 0. The van der Waals surface area contributed by atoms with Crippen molar-refractivity contribution in [1.29, 1.82) is 0 Å². The van der Waals surface area contributed by atoms with Gasteiger partial charge >= 0.3 is 0 Å². The van der Waals surface area contributed by atoms with Crippen LogP contribution in [0.4, 0.5) is 8.78 Å². The number of ether oxygens (including phenoxy) is 1. The molecule has 0 heterocycles. The van der Waals surface area contributed by atoms with Gasteiger partial charge in [-0.3, -0.25) is 0 Å². The topological polar surface area (TPSA) is 9.23 Å². The summed E-state index contributed by atoms with van der Waals surface area (Å²) in [5, 5.41) is 0. The first-order valence-electron chi connectivity index (χ1n) is 12.3. The summed E-state index contributed by atoms with van der Waals surface area (Å²) in [6.45, 7) is 4.61. The van der Waals surface area contributed by atoms with Crippen LogP contribution in [-0.4, -0.2) is 6.61 Å². The van der Waals surface area contributed by atoms with Crippen molar-refractivity contribution in [2.24, 2.45) is 11.8 Å². The van der Waals surface area contributed by atoms with E-state index in [1.807, 2.05) is 6.92 Å². The van der Waals surface area contributed by atoms with Crippen molar-refractivity contribution in [2.75, 3.05) is 6.61 Å². The summed E-state index contributed by atoms with van der Waals surface area (Å²) in [5.41, 5.74) is 2.93. The molecule has 3 heteroatoms. The second-order valence-electron chi connectivity index (χ2n) is 9.11. The Balaban J connectivity index is 1.47. The Bertz CT molecular complexity index is 805. The maximum atomic E-state index is 14.5. The summed E-state index contributed by atoms with van der Waals surface area (Å²) < 4.78 is 34.1. The average molecular weight is 429 g/mol. The Hall–Kier alpha value is -1.90. The molecule has 0 saturated carbocycles. The van der Waals surface area contributed by atoms with Crippen molar-refractivity contribution in [3.63, 3.8) is 0 Å². The molecule has 0 radical (unpaired) electrons. The molecule has 0 fully saturated rings. The van der Waals surface area contributed by atoms with E-state index in [-0.39, 0.29) is 5.75 Å². The smallest absolute Gasteiger partial charge is 0.201 e. The fourth-order valence-electron chi connectivity index (χ4n) is 4.77. The minimum Gasteiger partial charge on any atom is -0.490 e. The van der Waals surface area contributed by atoms with Crippen LogP contribution in [0.15, 0.2) is 42.0 Å². The van der Waals surface area contributed by atoms with Gasteiger partial charge in [0.25, 0.3) is 0 Å². The van der Waals surface area contributed by atoms with Crippen molar-refractivity contribution in [2.45, 2.75) is 84.5 Å². The molecule has 2 atom stereocenters. The highest BCUT2D eigenvalue weighted by Crippen LogP contribution is 2.35. The average Bonchev–Trinajstić information content (AvgIpc) is 2.79. The number of allylic oxidation sites excluding steroid dienone is 6. The zero-order valence-corrected chi connectivity index (χ0v) is 19.3. The van der Waals surface area contributed by atoms with E-state index in [4.69, 9.17) is 4.74 Å². The number of hydrogen-bond acceptors (Lipinski definition) is 1. The van der Waals surface area contributed by atoms with Gasteiger partial charge in [-0.1, -0.05) is 56.6 Å². The third-order valence-electron chi connectivity index (χ3n) is 6.66. The highest BCUT2D eigenvalue weighted by Gasteiger charge is 2.20. The van der Waals surface area contributed by atoms with Crippen LogP contribution in [0.25, 0.3) is 5.57 Å². The van der Waals surface area contributed by atoms with Crippen LogP contribution in [0.2, 0.25) is 0 Å². The molecule has 3 rings (SSSR count). The van der Waals surface area contributed by atoms with Gasteiger partial charge in [-0.05, 0) is 87.3 Å². The van der Waals surface area contributed by atoms with Crippen LogP contribution in [0.5, 0.6) is 5.75 Å². The zero-order chi connectivity index (χ0) is 22.1. The quantitative estimate of drug-likeness (QED) is 0.338. The van der Waals surface area contributed by atoms with Gasteiger partial charge in [-0.2, -0.15) is 4.39 Å². The minimum atomic E-state index is -0.869. The van der Waals surface area contributed by atoms with E-state index < -0.39 is 11.6 Å². The molecule has 170 valence electrons. The van der Waals surface area contributed by atoms with Crippen LogP contribution < -0.4 is 4.74 Å². The molecule has 0 saturated heterocycles. The Morgan fingerprint density at radius 1 is 1.00 bits per heavy atom. The number of hydrogen-bond donors (Lipinski definition) is 0. The summed E-state index contributed by atoms with van der Waals surface area (Å²) in [5.74, 6) is -0.235. The molecule has 2 unspecified atom stereocenters. The summed E-state index contributed by atoms with van der Waals surface area (Å²) in [7, 11) is 0. The standard InChI is InChI=1S/C28H38F2O/c1-3-7-21-10-12-22(13-11-21)8-5-6-9-23-14-16-24(17-15-23)25-18-19-26(31-20-4-2)28(30)27(25)29/h6,9,12,16,18-19,21,23H,3-5,7-8,10-11,13-15,17,20H2,1-2H3. The lowest BCUT2D eigenvalue weighted by atomic mass is 9.84. The fourth-order valence-corrected chi connectivity index (χ4v) is 4.77. The molecule has 0 bridgehead atoms. The van der Waals surface area contributed by atoms with Gasteiger partial charge in [0.2, 0.25) is 5.82 Å². The summed E-state index contributed by atoms with van der Waals surface area (Å²) >= 11 is 0. The lowest BCUT2D eigenvalue weighted by Crippen LogP contribution is -2.06. The molecule has 0 N–H and O–H groups in total. The van der Waals surface area contributed by atoms with Gasteiger partial charge in [-0.25, -0.2) is 4.39 Å². The second kappa shape index (κ2) is 12.2. The van der Waals surface area contributed by atoms with E-state index in [0.717, 1.165) is 43.6 Å². The Morgan fingerprint density at radius 3 is 2.55 bits per heavy atom. The first-order chi connectivity index (χ1) is 15.1. The second-order valence-corrected chi connectivity index (χ2v) is 9.11. The normalized spacial score (nSPS) is 21.8. The van der Waals surface area contributed by atoms with Crippen LogP contribution in [0.1, 0.15) is 90.0 Å². The fraction of sp³-hybridized carbons (Fsp3) is 0.571. The van der Waals surface area contributed by atoms with E-state index in [9.17, 15) is 8.78 Å². The molecule has 0 aliphatic heterocycles. The SMILES string of the molecule is CCCOc1ccc(C2=CCC(C=CCCC3=CCC(CCC)CC3)CC2)c(F)c1F. The largest absolute Gasteiger partial charge is 0.490 e. The molecule has 2 aliphatic rings. The summed E-state index contributed by atoms with van der Waals surface area (Å²) in [6.07, 6.45) is 21.5. The highest BCUT2D eigenvalue weighted by molar-refractivity contribution is 5.67. The number of rotatable bonds is 10. The van der Waals surface area contributed by atoms with Gasteiger partial charge in [0.05, 0.1) is 6.61 Å². The highest BCUT2D eigenvalue weighted by atomic mass is 19.2. The van der Waals surface area contributed by atoms with Crippen LogP contribution >= 0.6 is 0 Å². The third-order valence-corrected chi connectivity index (χ3v) is 6.66. The monoisotopic (exact) mass is 428 g/mol. The number of halogens is 2. The Kier molecular flexibility index (Phi) is 9.36. The first-order valence-corrected chi connectivity index (χ1v) is 12.3. The Morgan fingerprint density at radius 2 is 1.87 bits per heavy atom. The van der Waals surface area contributed by atoms with E-state index in [1.165, 1.54) is 38.5 Å². The molecule has 31 heavy (non-hydrogen) atoms. The third kappa shape index (κ3) is 6.79. The van der Waals surface area contributed by atoms with Crippen molar-refractivity contribution < 1.29 is 13.5 Å². The summed E-state index contributed by atoms with van der Waals surface area (Å²) in [6, 6.07) is 3.22. The van der Waals surface area contributed by atoms with Crippen molar-refractivity contribution in [1.82, 2.24) is 0 Å². The van der Waals surface area contributed by atoms with Gasteiger partial charge < -0.3 is 4.74 Å². The maximum absolute atomic E-state index is 14.5. The zero-order valence-electron chi connectivity index (χ0n) is 19.3. The van der Waals surface area contributed by atoms with Crippen LogP contribution in [0, 0.1) is 23.5 Å². The maximum Gasteiger partial charge on any atom is 0.201 e. The van der Waals surface area contributed by atoms with Gasteiger partial charge in [-0.15, -0.1) is 0 Å².